The highest BCUT2D eigenvalue weighted by atomic mass is 127. The van der Waals surface area contributed by atoms with Crippen molar-refractivity contribution in [3.8, 4) is 0 Å². The predicted octanol–water partition coefficient (Wildman–Crippen LogP) is 3.91. The number of nitrogens with two attached hydrogens (primary N) is 1. The van der Waals surface area contributed by atoms with Gasteiger partial charge in [0, 0.05) is 23.5 Å². The largest absolute Gasteiger partial charge is 0.370 e. The number of hydrogen-bond acceptors (Lipinski definition) is 3. The summed E-state index contributed by atoms with van der Waals surface area (Å²) in [5, 5.41) is 4.24. The van der Waals surface area contributed by atoms with Crippen LogP contribution in [0.3, 0.4) is 0 Å². The van der Waals surface area contributed by atoms with Gasteiger partial charge in [0.1, 0.15) is 0 Å². The molecule has 4 nitrogen and oxygen atoms in total. The van der Waals surface area contributed by atoms with E-state index in [4.69, 9.17) is 5.73 Å². The van der Waals surface area contributed by atoms with E-state index in [1.165, 1.54) is 10.4 Å². The van der Waals surface area contributed by atoms with E-state index in [9.17, 15) is 0 Å². The lowest BCUT2D eigenvalue weighted by molar-refractivity contribution is 0.965. The van der Waals surface area contributed by atoms with Gasteiger partial charge in [-0.1, -0.05) is 19.1 Å². The average molecular weight is 430 g/mol. The molecule has 1 aromatic carbocycles. The van der Waals surface area contributed by atoms with Crippen molar-refractivity contribution >= 4 is 47.0 Å². The van der Waals surface area contributed by atoms with Gasteiger partial charge in [0.2, 0.25) is 0 Å². The zero-order valence-corrected chi connectivity index (χ0v) is 16.4. The first-order chi connectivity index (χ1) is 10.1. The molecule has 0 saturated heterocycles. The minimum Gasteiger partial charge on any atom is -0.370 e. The molecule has 2 rings (SSSR count). The number of nitrogens with zero attached hydrogens (tertiary/aromatic N) is 2. The summed E-state index contributed by atoms with van der Waals surface area (Å²) >= 11 is 1.73. The van der Waals surface area contributed by atoms with Gasteiger partial charge in [-0.2, -0.15) is 0 Å². The van der Waals surface area contributed by atoms with E-state index in [-0.39, 0.29) is 24.0 Å². The molecule has 6 heteroatoms. The molecule has 0 radical (unpaired) electrons. The van der Waals surface area contributed by atoms with E-state index in [2.05, 4.69) is 34.3 Å². The molecule has 0 bridgehead atoms. The molecule has 0 aliphatic carbocycles. The third-order valence-electron chi connectivity index (χ3n) is 3.23. The number of halogens is 1. The van der Waals surface area contributed by atoms with Crippen molar-refractivity contribution in [3.05, 3.63) is 45.4 Å². The average Bonchev–Trinajstić information content (AvgIpc) is 2.77. The molecule has 0 saturated carbocycles. The normalized spacial score (nSPS) is 11.1. The molecule has 0 aliphatic rings. The number of guanidine groups is 1. The fourth-order valence-corrected chi connectivity index (χ4v) is 3.07. The molecule has 0 unspecified atom stereocenters. The summed E-state index contributed by atoms with van der Waals surface area (Å²) < 4.78 is 0. The maximum atomic E-state index is 5.93. The van der Waals surface area contributed by atoms with Crippen molar-refractivity contribution in [2.24, 2.45) is 10.7 Å². The lowest BCUT2D eigenvalue weighted by Gasteiger charge is -2.07. The van der Waals surface area contributed by atoms with E-state index in [1.54, 1.807) is 11.3 Å². The molecule has 1 aromatic heterocycles. The quantitative estimate of drug-likeness (QED) is 0.430. The highest BCUT2D eigenvalue weighted by Gasteiger charge is 2.04. The SMILES string of the molecule is CCc1cccc(NC(N)=NCCc2sc(C)nc2C)c1.I. The summed E-state index contributed by atoms with van der Waals surface area (Å²) in [5.41, 5.74) is 9.31. The summed E-state index contributed by atoms with van der Waals surface area (Å²) in [6.45, 7) is 6.88. The summed E-state index contributed by atoms with van der Waals surface area (Å²) in [6.07, 6.45) is 1.89. The van der Waals surface area contributed by atoms with E-state index >= 15 is 0 Å². The molecule has 22 heavy (non-hydrogen) atoms. The van der Waals surface area contributed by atoms with Crippen LogP contribution in [-0.2, 0) is 12.8 Å². The Hall–Kier alpha value is -1.15. The highest BCUT2D eigenvalue weighted by molar-refractivity contribution is 14.0. The van der Waals surface area contributed by atoms with Crippen molar-refractivity contribution in [3.63, 3.8) is 0 Å². The van der Waals surface area contributed by atoms with Crippen molar-refractivity contribution in [2.75, 3.05) is 11.9 Å². The Kier molecular flexibility index (Phi) is 7.81. The Labute approximate surface area is 153 Å². The minimum atomic E-state index is 0. The molecule has 120 valence electrons. The number of benzene rings is 1. The van der Waals surface area contributed by atoms with Crippen LogP contribution in [0.4, 0.5) is 5.69 Å². The smallest absolute Gasteiger partial charge is 0.193 e. The Balaban J connectivity index is 0.00000242. The first kappa shape index (κ1) is 18.9. The second-order valence-electron chi connectivity index (χ2n) is 4.94. The maximum absolute atomic E-state index is 5.93. The van der Waals surface area contributed by atoms with E-state index in [0.717, 1.165) is 29.2 Å². The third kappa shape index (κ3) is 5.57. The van der Waals surface area contributed by atoms with Crippen LogP contribution in [0.25, 0.3) is 0 Å². The number of aromatic nitrogens is 1. The van der Waals surface area contributed by atoms with Crippen LogP contribution in [0, 0.1) is 13.8 Å². The standard InChI is InChI=1S/C16H22N4S.HI/c1-4-13-6-5-7-14(10-13)20-16(17)18-9-8-15-11(2)19-12(3)21-15;/h5-7,10H,4,8-9H2,1-3H3,(H3,17,18,20);1H. The molecule has 0 atom stereocenters. The molecule has 0 aliphatic heterocycles. The highest BCUT2D eigenvalue weighted by Crippen LogP contribution is 2.17. The van der Waals surface area contributed by atoms with Crippen LogP contribution < -0.4 is 11.1 Å². The topological polar surface area (TPSA) is 63.3 Å². The molecular weight excluding hydrogens is 407 g/mol. The monoisotopic (exact) mass is 430 g/mol. The number of rotatable bonds is 5. The van der Waals surface area contributed by atoms with Crippen LogP contribution >= 0.6 is 35.3 Å². The molecule has 1 heterocycles. The van der Waals surface area contributed by atoms with Crippen LogP contribution in [0.1, 0.15) is 28.1 Å². The van der Waals surface area contributed by atoms with Crippen LogP contribution in [0.15, 0.2) is 29.3 Å². The first-order valence-corrected chi connectivity index (χ1v) is 7.99. The zero-order chi connectivity index (χ0) is 15.2. The van der Waals surface area contributed by atoms with Crippen molar-refractivity contribution in [1.82, 2.24) is 4.98 Å². The zero-order valence-electron chi connectivity index (χ0n) is 13.2. The predicted molar refractivity (Wildman–Crippen MR) is 107 cm³/mol. The summed E-state index contributed by atoms with van der Waals surface area (Å²) in [6, 6.07) is 8.22. The number of aliphatic imine (C=N–C) groups is 1. The summed E-state index contributed by atoms with van der Waals surface area (Å²) in [7, 11) is 0. The Morgan fingerprint density at radius 3 is 2.77 bits per heavy atom. The number of aryl methyl sites for hydroxylation is 3. The molecule has 0 fully saturated rings. The lowest BCUT2D eigenvalue weighted by atomic mass is 10.1. The number of hydrogen-bond donors (Lipinski definition) is 2. The molecular formula is C16H23IN4S. The van der Waals surface area contributed by atoms with Crippen molar-refractivity contribution < 1.29 is 0 Å². The Bertz CT molecular complexity index is 637. The third-order valence-corrected chi connectivity index (χ3v) is 4.36. The second-order valence-corrected chi connectivity index (χ2v) is 6.23. The second kappa shape index (κ2) is 9.09. The number of thiazole rings is 1. The van der Waals surface area contributed by atoms with E-state index < -0.39 is 0 Å². The molecule has 3 N–H and O–H groups in total. The Morgan fingerprint density at radius 1 is 1.36 bits per heavy atom. The first-order valence-electron chi connectivity index (χ1n) is 7.17. The van der Waals surface area contributed by atoms with Crippen LogP contribution in [0.5, 0.6) is 0 Å². The van der Waals surface area contributed by atoms with E-state index in [0.29, 0.717) is 12.5 Å². The minimum absolute atomic E-state index is 0. The van der Waals surface area contributed by atoms with E-state index in [1.807, 2.05) is 26.0 Å². The van der Waals surface area contributed by atoms with Crippen LogP contribution in [0.2, 0.25) is 0 Å². The maximum Gasteiger partial charge on any atom is 0.193 e. The van der Waals surface area contributed by atoms with Crippen LogP contribution in [-0.4, -0.2) is 17.5 Å². The fraction of sp³-hybridized carbons (Fsp3) is 0.375. The fourth-order valence-electron chi connectivity index (χ4n) is 2.14. The van der Waals surface area contributed by atoms with Gasteiger partial charge in [-0.05, 0) is 38.0 Å². The van der Waals surface area contributed by atoms with Gasteiger partial charge in [0.25, 0.3) is 0 Å². The van der Waals surface area contributed by atoms with Gasteiger partial charge in [0.05, 0.1) is 10.7 Å². The van der Waals surface area contributed by atoms with Crippen molar-refractivity contribution in [1.29, 1.82) is 0 Å². The van der Waals surface area contributed by atoms with Gasteiger partial charge in [-0.3, -0.25) is 4.99 Å². The molecule has 0 spiro atoms. The summed E-state index contributed by atoms with van der Waals surface area (Å²) in [5.74, 6) is 0.460. The Morgan fingerprint density at radius 2 is 2.14 bits per heavy atom. The number of nitrogens with one attached hydrogen (secondary N) is 1. The van der Waals surface area contributed by atoms with Gasteiger partial charge in [-0.25, -0.2) is 4.98 Å². The number of anilines is 1. The van der Waals surface area contributed by atoms with Crippen molar-refractivity contribution in [2.45, 2.75) is 33.6 Å². The van der Waals surface area contributed by atoms with Gasteiger partial charge < -0.3 is 11.1 Å². The van der Waals surface area contributed by atoms with Gasteiger partial charge in [0.15, 0.2) is 5.96 Å². The summed E-state index contributed by atoms with van der Waals surface area (Å²) in [4.78, 5) is 10.1. The van der Waals surface area contributed by atoms with Gasteiger partial charge in [-0.15, -0.1) is 35.3 Å². The molecule has 0 amide bonds. The lowest BCUT2D eigenvalue weighted by Crippen LogP contribution is -2.23. The molecule has 2 aromatic rings. The van der Waals surface area contributed by atoms with Gasteiger partial charge >= 0.3 is 0 Å².